The summed E-state index contributed by atoms with van der Waals surface area (Å²) in [6, 6.07) is 15.1. The first-order chi connectivity index (χ1) is 8.29. The van der Waals surface area contributed by atoms with E-state index in [1.54, 1.807) is 0 Å². The Morgan fingerprint density at radius 3 is 2.65 bits per heavy atom. The summed E-state index contributed by atoms with van der Waals surface area (Å²) in [5.41, 5.74) is 6.69. The van der Waals surface area contributed by atoms with Crippen LogP contribution in [0.2, 0.25) is 0 Å². The normalized spacial score (nSPS) is 13.6. The van der Waals surface area contributed by atoms with E-state index in [4.69, 9.17) is 6.42 Å². The van der Waals surface area contributed by atoms with Gasteiger partial charge >= 0.3 is 0 Å². The van der Waals surface area contributed by atoms with Crippen LogP contribution in [0.25, 0.3) is 11.1 Å². The lowest BCUT2D eigenvalue weighted by Gasteiger charge is -2.07. The Labute approximate surface area is 102 Å². The molecule has 1 unspecified atom stereocenters. The van der Waals surface area contributed by atoms with Crippen molar-refractivity contribution in [3.8, 4) is 17.0 Å². The highest BCUT2D eigenvalue weighted by molar-refractivity contribution is 5.77. The fourth-order valence-corrected chi connectivity index (χ4v) is 2.52. The lowest BCUT2D eigenvalue weighted by atomic mass is 9.97. The Balaban J connectivity index is 2.11. The Hall–Kier alpha value is -2.00. The van der Waals surface area contributed by atoms with Crippen molar-refractivity contribution in [2.45, 2.75) is 19.3 Å². The van der Waals surface area contributed by atoms with Gasteiger partial charge in [-0.15, -0.1) is 0 Å². The molecule has 0 heterocycles. The van der Waals surface area contributed by atoms with Crippen molar-refractivity contribution in [2.75, 3.05) is 0 Å². The smallest absolute Gasteiger partial charge is 0.0434 e. The number of rotatable bonds is 1. The van der Waals surface area contributed by atoms with Gasteiger partial charge in [0.2, 0.25) is 0 Å². The first-order valence-corrected chi connectivity index (χ1v) is 5.93. The molecule has 0 heteroatoms. The molecule has 0 N–H and O–H groups in total. The third-order valence-electron chi connectivity index (χ3n) is 3.53. The molecule has 2 aromatic rings. The maximum atomic E-state index is 7.22. The van der Waals surface area contributed by atoms with E-state index in [1.807, 2.05) is 6.92 Å². The first kappa shape index (κ1) is 10.2. The van der Waals surface area contributed by atoms with Gasteiger partial charge in [-0.2, -0.15) is 0 Å². The predicted octanol–water partition coefficient (Wildman–Crippen LogP) is 3.95. The Kier molecular flexibility index (Phi) is 2.27. The quantitative estimate of drug-likeness (QED) is 0.541. The third-order valence-corrected chi connectivity index (χ3v) is 3.53. The summed E-state index contributed by atoms with van der Waals surface area (Å²) < 4.78 is 0. The van der Waals surface area contributed by atoms with Gasteiger partial charge in [-0.25, -0.2) is 0 Å². The SMILES string of the molecule is [C]#CC(C)c1ccc2c(c1)Cc1ccccc1-2. The van der Waals surface area contributed by atoms with E-state index >= 15 is 0 Å². The summed E-state index contributed by atoms with van der Waals surface area (Å²) in [5.74, 6) is 2.63. The zero-order valence-corrected chi connectivity index (χ0v) is 9.83. The summed E-state index contributed by atoms with van der Waals surface area (Å²) in [7, 11) is 0. The van der Waals surface area contributed by atoms with Gasteiger partial charge in [0.05, 0.1) is 0 Å². The maximum absolute atomic E-state index is 7.22. The summed E-state index contributed by atoms with van der Waals surface area (Å²) in [6.45, 7) is 2.01. The zero-order chi connectivity index (χ0) is 11.8. The van der Waals surface area contributed by atoms with Crippen molar-refractivity contribution in [3.05, 3.63) is 65.6 Å². The molecule has 1 aliphatic carbocycles. The summed E-state index contributed by atoms with van der Waals surface area (Å²) >= 11 is 0. The molecule has 0 spiro atoms. The topological polar surface area (TPSA) is 0 Å². The molecule has 17 heavy (non-hydrogen) atoms. The van der Waals surface area contributed by atoms with E-state index in [0.29, 0.717) is 0 Å². The highest BCUT2D eigenvalue weighted by Crippen LogP contribution is 2.37. The van der Waals surface area contributed by atoms with Crippen LogP contribution < -0.4 is 0 Å². The minimum atomic E-state index is 0.0870. The van der Waals surface area contributed by atoms with Gasteiger partial charge in [-0.3, -0.25) is 0 Å². The number of benzene rings is 2. The lowest BCUT2D eigenvalue weighted by Crippen LogP contribution is -1.91. The van der Waals surface area contributed by atoms with E-state index in [-0.39, 0.29) is 5.92 Å². The predicted molar refractivity (Wildman–Crippen MR) is 70.2 cm³/mol. The van der Waals surface area contributed by atoms with Gasteiger partial charge in [-0.1, -0.05) is 48.4 Å². The van der Waals surface area contributed by atoms with Crippen LogP contribution in [0.1, 0.15) is 29.5 Å². The van der Waals surface area contributed by atoms with Gasteiger partial charge < -0.3 is 0 Å². The van der Waals surface area contributed by atoms with Crippen molar-refractivity contribution >= 4 is 0 Å². The van der Waals surface area contributed by atoms with Gasteiger partial charge in [-0.05, 0) is 47.6 Å². The zero-order valence-electron chi connectivity index (χ0n) is 9.83. The van der Waals surface area contributed by atoms with Crippen LogP contribution in [0.3, 0.4) is 0 Å². The van der Waals surface area contributed by atoms with E-state index < -0.39 is 0 Å². The van der Waals surface area contributed by atoms with E-state index in [9.17, 15) is 0 Å². The molecule has 2 aromatic carbocycles. The van der Waals surface area contributed by atoms with Gasteiger partial charge in [0, 0.05) is 5.92 Å². The van der Waals surface area contributed by atoms with Crippen molar-refractivity contribution in [1.29, 1.82) is 0 Å². The molecule has 0 bridgehead atoms. The number of fused-ring (bicyclic) bond motifs is 3. The summed E-state index contributed by atoms with van der Waals surface area (Å²) in [4.78, 5) is 0. The fourth-order valence-electron chi connectivity index (χ4n) is 2.52. The van der Waals surface area contributed by atoms with E-state index in [1.165, 1.54) is 27.8 Å². The maximum Gasteiger partial charge on any atom is 0.0434 e. The largest absolute Gasteiger partial charge is 0.0812 e. The molecular formula is C17H13. The molecule has 0 aliphatic heterocycles. The van der Waals surface area contributed by atoms with Crippen LogP contribution in [-0.2, 0) is 6.42 Å². The summed E-state index contributed by atoms with van der Waals surface area (Å²) in [5, 5.41) is 0. The van der Waals surface area contributed by atoms with Crippen LogP contribution in [0.4, 0.5) is 0 Å². The summed E-state index contributed by atoms with van der Waals surface area (Å²) in [6.07, 6.45) is 8.24. The average Bonchev–Trinajstić information content (AvgIpc) is 2.75. The molecule has 0 aromatic heterocycles. The second-order valence-corrected chi connectivity index (χ2v) is 4.62. The fraction of sp³-hybridized carbons (Fsp3) is 0.176. The Morgan fingerprint density at radius 1 is 1.06 bits per heavy atom. The van der Waals surface area contributed by atoms with Crippen molar-refractivity contribution in [2.24, 2.45) is 0 Å². The lowest BCUT2D eigenvalue weighted by molar-refractivity contribution is 0.998. The molecule has 1 radical (unpaired) electrons. The molecule has 0 saturated carbocycles. The van der Waals surface area contributed by atoms with E-state index in [2.05, 4.69) is 48.4 Å². The standard InChI is InChI=1S/C17H13/c1-3-12(2)13-8-9-17-15(10-13)11-14-6-4-5-7-16(14)17/h4-10,12H,11H2,2H3. The van der Waals surface area contributed by atoms with Crippen molar-refractivity contribution in [1.82, 2.24) is 0 Å². The molecule has 0 nitrogen and oxygen atoms in total. The van der Waals surface area contributed by atoms with Crippen LogP contribution in [0.5, 0.6) is 0 Å². The third kappa shape index (κ3) is 1.56. The highest BCUT2D eigenvalue weighted by atomic mass is 14.2. The molecule has 0 amide bonds. The Morgan fingerprint density at radius 2 is 1.82 bits per heavy atom. The minimum Gasteiger partial charge on any atom is -0.0812 e. The molecule has 81 valence electrons. The number of hydrogen-bond donors (Lipinski definition) is 0. The van der Waals surface area contributed by atoms with Crippen molar-refractivity contribution in [3.63, 3.8) is 0 Å². The number of hydrogen-bond acceptors (Lipinski definition) is 0. The van der Waals surface area contributed by atoms with Gasteiger partial charge in [0.15, 0.2) is 0 Å². The molecule has 3 rings (SSSR count). The second-order valence-electron chi connectivity index (χ2n) is 4.62. The monoisotopic (exact) mass is 217 g/mol. The molecule has 1 aliphatic rings. The van der Waals surface area contributed by atoms with Crippen LogP contribution in [-0.4, -0.2) is 0 Å². The first-order valence-electron chi connectivity index (χ1n) is 5.93. The van der Waals surface area contributed by atoms with Gasteiger partial charge in [0.1, 0.15) is 0 Å². The van der Waals surface area contributed by atoms with Gasteiger partial charge in [0.25, 0.3) is 0 Å². The minimum absolute atomic E-state index is 0.0870. The van der Waals surface area contributed by atoms with Crippen LogP contribution in [0.15, 0.2) is 42.5 Å². The van der Waals surface area contributed by atoms with Crippen molar-refractivity contribution < 1.29 is 0 Å². The molecule has 0 saturated heterocycles. The average molecular weight is 217 g/mol. The molecular weight excluding hydrogens is 204 g/mol. The highest BCUT2D eigenvalue weighted by Gasteiger charge is 2.18. The van der Waals surface area contributed by atoms with E-state index in [0.717, 1.165) is 6.42 Å². The second kappa shape index (κ2) is 3.79. The van der Waals surface area contributed by atoms with Crippen LogP contribution in [0, 0.1) is 12.3 Å². The Bertz CT molecular complexity index is 614. The molecule has 1 atom stereocenters. The van der Waals surface area contributed by atoms with Crippen LogP contribution >= 0.6 is 0 Å². The molecule has 0 fully saturated rings.